The van der Waals surface area contributed by atoms with Crippen molar-refractivity contribution < 1.29 is 9.90 Å². The van der Waals surface area contributed by atoms with Gasteiger partial charge < -0.3 is 10.0 Å². The minimum Gasteiger partial charge on any atom is -0.389 e. The van der Waals surface area contributed by atoms with E-state index in [4.69, 9.17) is 0 Å². The van der Waals surface area contributed by atoms with Crippen LogP contribution in [-0.2, 0) is 4.79 Å². The summed E-state index contributed by atoms with van der Waals surface area (Å²) in [6.07, 6.45) is 1.65. The third-order valence-corrected chi connectivity index (χ3v) is 2.45. The van der Waals surface area contributed by atoms with E-state index < -0.39 is 5.60 Å². The van der Waals surface area contributed by atoms with Crippen LogP contribution in [0.4, 0.5) is 0 Å². The molecule has 1 N–H and O–H groups in total. The van der Waals surface area contributed by atoms with Crippen LogP contribution in [0.3, 0.4) is 0 Å². The lowest BCUT2D eigenvalue weighted by Crippen LogP contribution is -2.40. The Balaban J connectivity index is 4.05. The Morgan fingerprint density at radius 1 is 1.31 bits per heavy atom. The van der Waals surface area contributed by atoms with Crippen molar-refractivity contribution in [1.82, 2.24) is 4.90 Å². The van der Waals surface area contributed by atoms with Crippen molar-refractivity contribution in [2.24, 2.45) is 11.8 Å². The maximum absolute atomic E-state index is 11.8. The molecule has 0 rings (SSSR count). The van der Waals surface area contributed by atoms with E-state index >= 15 is 0 Å². The third kappa shape index (κ3) is 7.69. The van der Waals surface area contributed by atoms with E-state index in [1.807, 2.05) is 0 Å². The average molecular weight is 229 g/mol. The van der Waals surface area contributed by atoms with Gasteiger partial charge in [-0.3, -0.25) is 4.79 Å². The van der Waals surface area contributed by atoms with Crippen molar-refractivity contribution in [3.05, 3.63) is 0 Å². The molecule has 1 atom stereocenters. The number of carbonyl (C=O) groups is 1. The van der Waals surface area contributed by atoms with E-state index in [0.717, 1.165) is 6.42 Å². The van der Waals surface area contributed by atoms with Crippen LogP contribution in [0, 0.1) is 11.8 Å². The Morgan fingerprint density at radius 2 is 1.81 bits per heavy atom. The summed E-state index contributed by atoms with van der Waals surface area (Å²) in [5.74, 6) is 1.16. The minimum atomic E-state index is -0.814. The molecule has 0 aromatic carbocycles. The van der Waals surface area contributed by atoms with Crippen LogP contribution in [0.1, 0.15) is 47.5 Å². The molecule has 0 saturated heterocycles. The van der Waals surface area contributed by atoms with Gasteiger partial charge in [-0.1, -0.05) is 20.8 Å². The van der Waals surface area contributed by atoms with Crippen molar-refractivity contribution in [3.8, 4) is 0 Å². The molecule has 16 heavy (non-hydrogen) atoms. The van der Waals surface area contributed by atoms with Crippen molar-refractivity contribution in [2.75, 3.05) is 13.6 Å². The number of hydrogen-bond donors (Lipinski definition) is 1. The first kappa shape index (κ1) is 15.4. The highest BCUT2D eigenvalue weighted by molar-refractivity contribution is 5.76. The van der Waals surface area contributed by atoms with Crippen molar-refractivity contribution >= 4 is 5.91 Å². The molecule has 0 spiro atoms. The summed E-state index contributed by atoms with van der Waals surface area (Å²) in [5.41, 5.74) is -0.814. The number of carbonyl (C=O) groups excluding carboxylic acids is 1. The molecule has 0 fully saturated rings. The van der Waals surface area contributed by atoms with Crippen LogP contribution in [0.25, 0.3) is 0 Å². The summed E-state index contributed by atoms with van der Waals surface area (Å²) in [7, 11) is 1.75. The summed E-state index contributed by atoms with van der Waals surface area (Å²) in [4.78, 5) is 13.4. The van der Waals surface area contributed by atoms with E-state index in [1.165, 1.54) is 0 Å². The van der Waals surface area contributed by atoms with Gasteiger partial charge in [0.15, 0.2) is 0 Å². The highest BCUT2D eigenvalue weighted by Crippen LogP contribution is 2.16. The first-order valence-corrected chi connectivity index (χ1v) is 6.08. The molecule has 96 valence electrons. The molecule has 0 aliphatic rings. The molecule has 0 heterocycles. The minimum absolute atomic E-state index is 0.121. The maximum Gasteiger partial charge on any atom is 0.222 e. The molecule has 0 radical (unpaired) electrons. The number of likely N-dealkylation sites (N-methyl/N-ethyl adjacent to an activating group) is 1. The Morgan fingerprint density at radius 3 is 2.19 bits per heavy atom. The summed E-state index contributed by atoms with van der Waals surface area (Å²) < 4.78 is 0. The molecule has 0 aliphatic heterocycles. The Kier molecular flexibility index (Phi) is 6.01. The molecule has 1 amide bonds. The second kappa shape index (κ2) is 6.24. The molecule has 0 aromatic rings. The zero-order chi connectivity index (χ0) is 12.9. The van der Waals surface area contributed by atoms with Gasteiger partial charge >= 0.3 is 0 Å². The highest BCUT2D eigenvalue weighted by atomic mass is 16.3. The second-order valence-corrected chi connectivity index (χ2v) is 6.00. The van der Waals surface area contributed by atoms with E-state index in [1.54, 1.807) is 25.8 Å². The van der Waals surface area contributed by atoms with Crippen LogP contribution >= 0.6 is 0 Å². The largest absolute Gasteiger partial charge is 0.389 e. The van der Waals surface area contributed by atoms with Gasteiger partial charge in [-0.25, -0.2) is 0 Å². The first-order valence-electron chi connectivity index (χ1n) is 6.08. The van der Waals surface area contributed by atoms with Crippen LogP contribution < -0.4 is 0 Å². The van der Waals surface area contributed by atoms with Gasteiger partial charge in [-0.2, -0.15) is 0 Å². The zero-order valence-corrected chi connectivity index (χ0v) is 11.6. The third-order valence-electron chi connectivity index (χ3n) is 2.45. The van der Waals surface area contributed by atoms with Crippen LogP contribution in [0.15, 0.2) is 0 Å². The van der Waals surface area contributed by atoms with Gasteiger partial charge in [0.1, 0.15) is 0 Å². The Hall–Kier alpha value is -0.570. The van der Waals surface area contributed by atoms with Crippen molar-refractivity contribution in [2.45, 2.75) is 53.1 Å². The molecule has 0 saturated carbocycles. The Labute approximate surface area is 99.8 Å². The number of amides is 1. The standard InChI is InChI=1S/C13H27NO2/c1-10(2)7-11(3)8-12(15)14(6)9-13(4,5)16/h10-11,16H,7-9H2,1-6H3. The summed E-state index contributed by atoms with van der Waals surface area (Å²) in [6.45, 7) is 10.3. The lowest BCUT2D eigenvalue weighted by molar-refractivity contribution is -0.133. The number of rotatable bonds is 6. The van der Waals surface area contributed by atoms with Gasteiger partial charge in [0.25, 0.3) is 0 Å². The fourth-order valence-corrected chi connectivity index (χ4v) is 2.01. The van der Waals surface area contributed by atoms with Gasteiger partial charge in [0, 0.05) is 20.0 Å². The van der Waals surface area contributed by atoms with Crippen molar-refractivity contribution in [1.29, 1.82) is 0 Å². The molecule has 3 nitrogen and oxygen atoms in total. The fourth-order valence-electron chi connectivity index (χ4n) is 2.01. The number of aliphatic hydroxyl groups is 1. The van der Waals surface area contributed by atoms with Crippen LogP contribution in [0.5, 0.6) is 0 Å². The highest BCUT2D eigenvalue weighted by Gasteiger charge is 2.20. The predicted molar refractivity (Wildman–Crippen MR) is 67.2 cm³/mol. The normalized spacial score (nSPS) is 14.0. The van der Waals surface area contributed by atoms with Crippen LogP contribution in [-0.4, -0.2) is 35.1 Å². The van der Waals surface area contributed by atoms with Gasteiger partial charge in [0.05, 0.1) is 5.60 Å². The van der Waals surface area contributed by atoms with Gasteiger partial charge in [-0.15, -0.1) is 0 Å². The zero-order valence-electron chi connectivity index (χ0n) is 11.6. The SMILES string of the molecule is CC(C)CC(C)CC(=O)N(C)CC(C)(C)O. The van der Waals surface area contributed by atoms with Gasteiger partial charge in [-0.05, 0) is 32.1 Å². The molecule has 3 heteroatoms. The fraction of sp³-hybridized carbons (Fsp3) is 0.923. The quantitative estimate of drug-likeness (QED) is 0.759. The smallest absolute Gasteiger partial charge is 0.222 e. The molecular weight excluding hydrogens is 202 g/mol. The summed E-state index contributed by atoms with van der Waals surface area (Å²) >= 11 is 0. The lowest BCUT2D eigenvalue weighted by atomic mass is 9.95. The molecular formula is C13H27NO2. The number of hydrogen-bond acceptors (Lipinski definition) is 2. The second-order valence-electron chi connectivity index (χ2n) is 6.00. The molecule has 0 aromatic heterocycles. The predicted octanol–water partition coefficient (Wildman–Crippen LogP) is 2.29. The van der Waals surface area contributed by atoms with Crippen molar-refractivity contribution in [3.63, 3.8) is 0 Å². The Bertz CT molecular complexity index is 218. The summed E-state index contributed by atoms with van der Waals surface area (Å²) in [5, 5.41) is 9.62. The first-order chi connectivity index (χ1) is 7.11. The molecule has 0 aliphatic carbocycles. The maximum atomic E-state index is 11.8. The van der Waals surface area contributed by atoms with E-state index in [0.29, 0.717) is 24.8 Å². The summed E-state index contributed by atoms with van der Waals surface area (Å²) in [6, 6.07) is 0. The average Bonchev–Trinajstić information content (AvgIpc) is 1.98. The van der Waals surface area contributed by atoms with Gasteiger partial charge in [0.2, 0.25) is 5.91 Å². The molecule has 0 bridgehead atoms. The van der Waals surface area contributed by atoms with E-state index in [9.17, 15) is 9.90 Å². The van der Waals surface area contributed by atoms with Crippen LogP contribution in [0.2, 0.25) is 0 Å². The molecule has 1 unspecified atom stereocenters. The monoisotopic (exact) mass is 229 g/mol. The van der Waals surface area contributed by atoms with E-state index in [-0.39, 0.29) is 5.91 Å². The van der Waals surface area contributed by atoms with E-state index in [2.05, 4.69) is 20.8 Å². The number of nitrogens with zero attached hydrogens (tertiary/aromatic N) is 1. The topological polar surface area (TPSA) is 40.5 Å². The lowest BCUT2D eigenvalue weighted by Gasteiger charge is -2.26.